The van der Waals surface area contributed by atoms with E-state index < -0.39 is 10.0 Å². The maximum absolute atomic E-state index is 12.1. The van der Waals surface area contributed by atoms with E-state index in [9.17, 15) is 8.42 Å². The molecule has 1 saturated heterocycles. The molecule has 0 bridgehead atoms. The van der Waals surface area contributed by atoms with Gasteiger partial charge in [0.25, 0.3) is 0 Å². The van der Waals surface area contributed by atoms with E-state index in [4.69, 9.17) is 0 Å². The van der Waals surface area contributed by atoms with E-state index in [2.05, 4.69) is 26.9 Å². The summed E-state index contributed by atoms with van der Waals surface area (Å²) in [5.74, 6) is 1.94. The van der Waals surface area contributed by atoms with E-state index in [1.54, 1.807) is 37.1 Å². The van der Waals surface area contributed by atoms with Gasteiger partial charge in [0, 0.05) is 63.7 Å². The van der Waals surface area contributed by atoms with Gasteiger partial charge in [-0.05, 0) is 12.5 Å². The van der Waals surface area contributed by atoms with Gasteiger partial charge >= 0.3 is 0 Å². The minimum atomic E-state index is -3.45. The van der Waals surface area contributed by atoms with Gasteiger partial charge in [0.2, 0.25) is 10.0 Å². The Hall–Kier alpha value is -1.19. The Kier molecular flexibility index (Phi) is 7.00. The predicted molar refractivity (Wildman–Crippen MR) is 100 cm³/mol. The van der Waals surface area contributed by atoms with Crippen molar-refractivity contribution in [1.82, 2.24) is 19.5 Å². The second-order valence-corrected chi connectivity index (χ2v) is 8.91. The molecule has 2 rings (SSSR count). The summed E-state index contributed by atoms with van der Waals surface area (Å²) in [5, 5.41) is 3.88. The van der Waals surface area contributed by atoms with Crippen LogP contribution in [0.2, 0.25) is 0 Å². The number of aliphatic imine (C=N–C) groups is 1. The van der Waals surface area contributed by atoms with Crippen molar-refractivity contribution in [3.05, 3.63) is 18.5 Å². The Morgan fingerprint density at radius 3 is 2.88 bits per heavy atom. The van der Waals surface area contributed by atoms with Crippen LogP contribution in [-0.2, 0) is 17.1 Å². The highest BCUT2D eigenvalue weighted by atomic mass is 32.2. The van der Waals surface area contributed by atoms with Crippen LogP contribution in [0.15, 0.2) is 28.3 Å². The molecule has 24 heavy (non-hydrogen) atoms. The SMILES string of the molecule is CCC1CN(C(=NC)NCCNS(=O)(=O)c2ccn(C)c2)CCS1. The summed E-state index contributed by atoms with van der Waals surface area (Å²) in [6.45, 7) is 4.97. The molecular weight excluding hydrogens is 346 g/mol. The molecule has 1 aromatic rings. The van der Waals surface area contributed by atoms with E-state index >= 15 is 0 Å². The van der Waals surface area contributed by atoms with Crippen molar-refractivity contribution in [2.45, 2.75) is 23.5 Å². The topological polar surface area (TPSA) is 78.7 Å². The van der Waals surface area contributed by atoms with E-state index in [0.717, 1.165) is 31.2 Å². The van der Waals surface area contributed by atoms with E-state index in [-0.39, 0.29) is 4.90 Å². The molecule has 0 spiro atoms. The van der Waals surface area contributed by atoms with Gasteiger partial charge in [-0.15, -0.1) is 0 Å². The highest BCUT2D eigenvalue weighted by molar-refractivity contribution is 8.00. The first-order valence-electron chi connectivity index (χ1n) is 8.15. The van der Waals surface area contributed by atoms with Crippen LogP contribution in [0.25, 0.3) is 0 Å². The predicted octanol–water partition coefficient (Wildman–Crippen LogP) is 0.706. The van der Waals surface area contributed by atoms with Gasteiger partial charge in [-0.1, -0.05) is 6.92 Å². The highest BCUT2D eigenvalue weighted by Crippen LogP contribution is 2.20. The molecule has 136 valence electrons. The summed E-state index contributed by atoms with van der Waals surface area (Å²) < 4.78 is 28.6. The Balaban J connectivity index is 1.80. The number of hydrogen-bond donors (Lipinski definition) is 2. The molecule has 1 atom stereocenters. The van der Waals surface area contributed by atoms with Crippen LogP contribution >= 0.6 is 11.8 Å². The number of nitrogens with one attached hydrogen (secondary N) is 2. The van der Waals surface area contributed by atoms with Crippen LogP contribution in [0.1, 0.15) is 13.3 Å². The molecule has 1 unspecified atom stereocenters. The standard InChI is InChI=1S/C15H27N5O2S2/c1-4-13-11-20(9-10-23-13)15(16-2)17-6-7-18-24(21,22)14-5-8-19(3)12-14/h5,8,12-13,18H,4,6-7,9-11H2,1-3H3,(H,16,17). The summed E-state index contributed by atoms with van der Waals surface area (Å²) in [6.07, 6.45) is 4.45. The number of sulfonamides is 1. The summed E-state index contributed by atoms with van der Waals surface area (Å²) >= 11 is 2.01. The average Bonchev–Trinajstić information content (AvgIpc) is 3.02. The van der Waals surface area contributed by atoms with Crippen molar-refractivity contribution in [3.63, 3.8) is 0 Å². The molecule has 0 amide bonds. The maximum Gasteiger partial charge on any atom is 0.242 e. The molecule has 0 radical (unpaired) electrons. The van der Waals surface area contributed by atoms with Gasteiger partial charge in [-0.2, -0.15) is 11.8 Å². The normalized spacial score (nSPS) is 19.5. The van der Waals surface area contributed by atoms with Crippen LogP contribution in [0.3, 0.4) is 0 Å². The van der Waals surface area contributed by atoms with Gasteiger partial charge < -0.3 is 14.8 Å². The maximum atomic E-state index is 12.1. The lowest BCUT2D eigenvalue weighted by molar-refractivity contribution is 0.408. The Morgan fingerprint density at radius 1 is 1.46 bits per heavy atom. The smallest absolute Gasteiger partial charge is 0.242 e. The number of aryl methyl sites for hydroxylation is 1. The highest BCUT2D eigenvalue weighted by Gasteiger charge is 2.21. The van der Waals surface area contributed by atoms with Gasteiger partial charge in [0.15, 0.2) is 5.96 Å². The number of guanidine groups is 1. The van der Waals surface area contributed by atoms with Crippen LogP contribution in [0.4, 0.5) is 0 Å². The third kappa shape index (κ3) is 5.15. The lowest BCUT2D eigenvalue weighted by Crippen LogP contribution is -2.49. The summed E-state index contributed by atoms with van der Waals surface area (Å²) in [7, 11) is 0.110. The quantitative estimate of drug-likeness (QED) is 0.436. The van der Waals surface area contributed by atoms with Crippen molar-refractivity contribution in [1.29, 1.82) is 0 Å². The van der Waals surface area contributed by atoms with Gasteiger partial charge in [-0.3, -0.25) is 4.99 Å². The van der Waals surface area contributed by atoms with Crippen LogP contribution < -0.4 is 10.0 Å². The van der Waals surface area contributed by atoms with Gasteiger partial charge in [0.05, 0.1) is 4.90 Å². The minimum Gasteiger partial charge on any atom is -0.356 e. The van der Waals surface area contributed by atoms with E-state index in [1.165, 1.54) is 0 Å². The molecular formula is C15H27N5O2S2. The van der Waals surface area contributed by atoms with Crippen LogP contribution in [0.5, 0.6) is 0 Å². The zero-order valence-corrected chi connectivity index (χ0v) is 16.2. The van der Waals surface area contributed by atoms with E-state index in [1.807, 2.05) is 11.8 Å². The number of hydrogen-bond acceptors (Lipinski definition) is 4. The van der Waals surface area contributed by atoms with Crippen molar-refractivity contribution in [2.24, 2.45) is 12.0 Å². The largest absolute Gasteiger partial charge is 0.356 e. The van der Waals surface area contributed by atoms with Crippen molar-refractivity contribution >= 4 is 27.7 Å². The molecule has 2 heterocycles. The number of rotatable bonds is 6. The molecule has 0 aromatic carbocycles. The number of aromatic nitrogens is 1. The molecule has 1 aromatic heterocycles. The van der Waals surface area contributed by atoms with Gasteiger partial charge in [0.1, 0.15) is 0 Å². The second-order valence-electron chi connectivity index (χ2n) is 5.73. The molecule has 2 N–H and O–H groups in total. The van der Waals surface area contributed by atoms with E-state index in [0.29, 0.717) is 18.3 Å². The second kappa shape index (κ2) is 8.77. The zero-order chi connectivity index (χ0) is 17.6. The lowest BCUT2D eigenvalue weighted by atomic mass is 10.3. The first-order chi connectivity index (χ1) is 11.5. The van der Waals surface area contributed by atoms with Gasteiger partial charge in [-0.25, -0.2) is 13.1 Å². The first kappa shape index (κ1) is 19.1. The fourth-order valence-corrected chi connectivity index (χ4v) is 4.83. The fourth-order valence-electron chi connectivity index (χ4n) is 2.57. The fraction of sp³-hybridized carbons (Fsp3) is 0.667. The molecule has 1 aliphatic rings. The van der Waals surface area contributed by atoms with Crippen molar-refractivity contribution < 1.29 is 8.42 Å². The third-order valence-electron chi connectivity index (χ3n) is 3.92. The molecule has 0 aliphatic carbocycles. The van der Waals surface area contributed by atoms with Crippen molar-refractivity contribution in [2.75, 3.05) is 39.0 Å². The summed E-state index contributed by atoms with van der Waals surface area (Å²) in [4.78, 5) is 6.85. The molecule has 1 fully saturated rings. The van der Waals surface area contributed by atoms with Crippen molar-refractivity contribution in [3.8, 4) is 0 Å². The zero-order valence-electron chi connectivity index (χ0n) is 14.5. The lowest BCUT2D eigenvalue weighted by Gasteiger charge is -2.34. The minimum absolute atomic E-state index is 0.285. The Morgan fingerprint density at radius 2 is 2.25 bits per heavy atom. The molecule has 0 saturated carbocycles. The molecule has 1 aliphatic heterocycles. The molecule has 7 nitrogen and oxygen atoms in total. The first-order valence-corrected chi connectivity index (χ1v) is 10.7. The van der Waals surface area contributed by atoms with Crippen LogP contribution in [0, 0.1) is 0 Å². The number of nitrogens with zero attached hydrogens (tertiary/aromatic N) is 3. The molecule has 9 heteroatoms. The monoisotopic (exact) mass is 373 g/mol. The number of thioether (sulfide) groups is 1. The Labute approximate surface area is 148 Å². The third-order valence-corrected chi connectivity index (χ3v) is 6.74. The Bertz CT molecular complexity index is 657. The average molecular weight is 374 g/mol. The summed E-state index contributed by atoms with van der Waals surface area (Å²) in [5.41, 5.74) is 0. The van der Waals surface area contributed by atoms with Crippen LogP contribution in [-0.4, -0.2) is 68.1 Å². The summed E-state index contributed by atoms with van der Waals surface area (Å²) in [6, 6.07) is 1.59.